The molecule has 4 atom stereocenters. The minimum absolute atomic E-state index is 0.297. The summed E-state index contributed by atoms with van der Waals surface area (Å²) in [5, 5.41) is 0. The summed E-state index contributed by atoms with van der Waals surface area (Å²) < 4.78 is 5.90. The molecule has 0 radical (unpaired) electrons. The molecule has 2 saturated heterocycles. The van der Waals surface area contributed by atoms with Crippen molar-refractivity contribution in [2.24, 2.45) is 11.7 Å². The van der Waals surface area contributed by atoms with E-state index in [9.17, 15) is 0 Å². The highest BCUT2D eigenvalue weighted by atomic mass is 16.5. The van der Waals surface area contributed by atoms with E-state index in [0.29, 0.717) is 30.1 Å². The summed E-state index contributed by atoms with van der Waals surface area (Å²) in [6.07, 6.45) is 6.79. The van der Waals surface area contributed by atoms with Gasteiger partial charge >= 0.3 is 0 Å². The molecule has 2 rings (SSSR count). The summed E-state index contributed by atoms with van der Waals surface area (Å²) in [5.41, 5.74) is 6.19. The van der Waals surface area contributed by atoms with Gasteiger partial charge in [-0.2, -0.15) is 0 Å². The molecule has 2 heterocycles. The summed E-state index contributed by atoms with van der Waals surface area (Å²) in [7, 11) is 0. The number of piperidine rings is 1. The van der Waals surface area contributed by atoms with Crippen LogP contribution in [0.2, 0.25) is 0 Å². The van der Waals surface area contributed by atoms with Gasteiger partial charge in [-0.25, -0.2) is 0 Å². The van der Waals surface area contributed by atoms with Crippen molar-refractivity contribution in [2.75, 3.05) is 13.2 Å². The van der Waals surface area contributed by atoms with E-state index in [1.54, 1.807) is 0 Å². The Morgan fingerprint density at radius 2 is 1.94 bits per heavy atom. The molecule has 0 amide bonds. The number of hydrogen-bond donors (Lipinski definition) is 1. The second-order valence-electron chi connectivity index (χ2n) is 6.49. The fourth-order valence-electron chi connectivity index (χ4n) is 3.57. The lowest BCUT2D eigenvalue weighted by atomic mass is 9.89. The molecular formula is C15H30N2O. The Hall–Kier alpha value is -0.120. The van der Waals surface area contributed by atoms with E-state index in [0.717, 1.165) is 6.61 Å². The van der Waals surface area contributed by atoms with Gasteiger partial charge in [0.15, 0.2) is 0 Å². The fourth-order valence-corrected chi connectivity index (χ4v) is 3.57. The second-order valence-corrected chi connectivity index (χ2v) is 6.49. The summed E-state index contributed by atoms with van der Waals surface area (Å²) >= 11 is 0. The molecule has 3 heteroatoms. The third-order valence-electron chi connectivity index (χ3n) is 4.70. The maximum atomic E-state index is 6.19. The van der Waals surface area contributed by atoms with Crippen LogP contribution in [0.1, 0.15) is 52.9 Å². The molecule has 2 N–H and O–H groups in total. The van der Waals surface area contributed by atoms with Crippen molar-refractivity contribution in [1.29, 1.82) is 0 Å². The van der Waals surface area contributed by atoms with Crippen molar-refractivity contribution in [3.8, 4) is 0 Å². The minimum atomic E-state index is 0.297. The van der Waals surface area contributed by atoms with Crippen LogP contribution in [-0.2, 0) is 4.74 Å². The first-order valence-corrected chi connectivity index (χ1v) is 7.72. The Bertz CT molecular complexity index is 255. The summed E-state index contributed by atoms with van der Waals surface area (Å²) in [4.78, 5) is 2.70. The molecule has 2 aliphatic rings. The van der Waals surface area contributed by atoms with Gasteiger partial charge < -0.3 is 10.5 Å². The predicted molar refractivity (Wildman–Crippen MR) is 75.6 cm³/mol. The maximum absolute atomic E-state index is 6.19. The smallest absolute Gasteiger partial charge is 0.0612 e. The van der Waals surface area contributed by atoms with Crippen molar-refractivity contribution < 1.29 is 4.74 Å². The van der Waals surface area contributed by atoms with Gasteiger partial charge in [0, 0.05) is 24.7 Å². The minimum Gasteiger partial charge on any atom is -0.378 e. The van der Waals surface area contributed by atoms with E-state index in [-0.39, 0.29) is 0 Å². The molecule has 4 unspecified atom stereocenters. The van der Waals surface area contributed by atoms with Crippen molar-refractivity contribution in [3.63, 3.8) is 0 Å². The first-order valence-electron chi connectivity index (χ1n) is 7.72. The Labute approximate surface area is 112 Å². The Morgan fingerprint density at radius 3 is 2.61 bits per heavy atom. The highest BCUT2D eigenvalue weighted by Gasteiger charge is 2.34. The van der Waals surface area contributed by atoms with Crippen LogP contribution in [0.15, 0.2) is 0 Å². The lowest BCUT2D eigenvalue weighted by Crippen LogP contribution is -2.55. The topological polar surface area (TPSA) is 38.5 Å². The SMILES string of the molecule is CC(C)C1CC(N2CCCCC2C(C)N)CCO1. The highest BCUT2D eigenvalue weighted by Crippen LogP contribution is 2.29. The van der Waals surface area contributed by atoms with Crippen LogP contribution >= 0.6 is 0 Å². The summed E-state index contributed by atoms with van der Waals surface area (Å²) in [6, 6.07) is 1.59. The monoisotopic (exact) mass is 254 g/mol. The van der Waals surface area contributed by atoms with Gasteiger partial charge in [0.25, 0.3) is 0 Å². The molecule has 0 bridgehead atoms. The summed E-state index contributed by atoms with van der Waals surface area (Å²) in [5.74, 6) is 0.631. The third-order valence-corrected chi connectivity index (χ3v) is 4.70. The summed E-state index contributed by atoms with van der Waals surface area (Å²) in [6.45, 7) is 8.87. The van der Waals surface area contributed by atoms with Crippen molar-refractivity contribution in [2.45, 2.75) is 77.1 Å². The van der Waals surface area contributed by atoms with Crippen LogP contribution < -0.4 is 5.73 Å². The Morgan fingerprint density at radius 1 is 1.17 bits per heavy atom. The first-order chi connectivity index (χ1) is 8.59. The van der Waals surface area contributed by atoms with E-state index >= 15 is 0 Å². The number of nitrogens with zero attached hydrogens (tertiary/aromatic N) is 1. The number of nitrogens with two attached hydrogens (primary N) is 1. The third kappa shape index (κ3) is 3.25. The zero-order valence-corrected chi connectivity index (χ0v) is 12.3. The average molecular weight is 254 g/mol. The molecule has 0 saturated carbocycles. The van der Waals surface area contributed by atoms with Gasteiger partial charge in [-0.05, 0) is 45.1 Å². The lowest BCUT2D eigenvalue weighted by Gasteiger charge is -2.46. The van der Waals surface area contributed by atoms with Crippen molar-refractivity contribution in [3.05, 3.63) is 0 Å². The van der Waals surface area contributed by atoms with E-state index in [2.05, 4.69) is 25.7 Å². The van der Waals surface area contributed by atoms with Gasteiger partial charge in [-0.1, -0.05) is 20.3 Å². The van der Waals surface area contributed by atoms with Crippen LogP contribution in [0.3, 0.4) is 0 Å². The molecule has 0 aliphatic carbocycles. The standard InChI is InChI=1S/C15H30N2O/c1-11(2)15-10-13(7-9-18-15)17-8-5-4-6-14(17)12(3)16/h11-15H,4-10,16H2,1-3H3. The molecular weight excluding hydrogens is 224 g/mol. The van der Waals surface area contributed by atoms with Gasteiger partial charge in [0.05, 0.1) is 6.10 Å². The molecule has 106 valence electrons. The molecule has 0 aromatic rings. The second kappa shape index (κ2) is 6.36. The Kier molecular flexibility index (Phi) is 5.05. The van der Waals surface area contributed by atoms with Gasteiger partial charge in [-0.3, -0.25) is 4.90 Å². The van der Waals surface area contributed by atoms with E-state index < -0.39 is 0 Å². The average Bonchev–Trinajstić information content (AvgIpc) is 2.39. The first kappa shape index (κ1) is 14.3. The number of rotatable bonds is 3. The van der Waals surface area contributed by atoms with Crippen LogP contribution in [-0.4, -0.2) is 42.3 Å². The van der Waals surface area contributed by atoms with Crippen molar-refractivity contribution >= 4 is 0 Å². The van der Waals surface area contributed by atoms with E-state index in [4.69, 9.17) is 10.5 Å². The van der Waals surface area contributed by atoms with Gasteiger partial charge in [-0.15, -0.1) is 0 Å². The lowest BCUT2D eigenvalue weighted by molar-refractivity contribution is -0.0632. The molecule has 2 fully saturated rings. The largest absolute Gasteiger partial charge is 0.378 e. The zero-order valence-electron chi connectivity index (χ0n) is 12.3. The van der Waals surface area contributed by atoms with Gasteiger partial charge in [0.2, 0.25) is 0 Å². The Balaban J connectivity index is 1.99. The maximum Gasteiger partial charge on any atom is 0.0612 e. The normalized spacial score (nSPS) is 36.8. The molecule has 0 aromatic heterocycles. The van der Waals surface area contributed by atoms with Crippen LogP contribution in [0.25, 0.3) is 0 Å². The van der Waals surface area contributed by atoms with E-state index in [1.807, 2.05) is 0 Å². The van der Waals surface area contributed by atoms with Crippen LogP contribution in [0.4, 0.5) is 0 Å². The molecule has 0 spiro atoms. The van der Waals surface area contributed by atoms with Crippen LogP contribution in [0, 0.1) is 5.92 Å². The van der Waals surface area contributed by atoms with Gasteiger partial charge in [0.1, 0.15) is 0 Å². The zero-order chi connectivity index (χ0) is 13.1. The molecule has 0 aromatic carbocycles. The molecule has 18 heavy (non-hydrogen) atoms. The quantitative estimate of drug-likeness (QED) is 0.840. The van der Waals surface area contributed by atoms with Crippen molar-refractivity contribution in [1.82, 2.24) is 4.90 Å². The highest BCUT2D eigenvalue weighted by molar-refractivity contribution is 4.90. The molecule has 2 aliphatic heterocycles. The van der Waals surface area contributed by atoms with Crippen LogP contribution in [0.5, 0.6) is 0 Å². The van der Waals surface area contributed by atoms with E-state index in [1.165, 1.54) is 38.6 Å². The molecule has 3 nitrogen and oxygen atoms in total. The number of likely N-dealkylation sites (tertiary alicyclic amines) is 1. The number of hydrogen-bond acceptors (Lipinski definition) is 3. The predicted octanol–water partition coefficient (Wildman–Crippen LogP) is 2.39. The fraction of sp³-hybridized carbons (Fsp3) is 1.00. The number of ether oxygens (including phenoxy) is 1.